The first-order valence-corrected chi connectivity index (χ1v) is 10.4. The zero-order valence-electron chi connectivity index (χ0n) is 18.1. The van der Waals surface area contributed by atoms with Gasteiger partial charge in [0.05, 0.1) is 30.9 Å². The van der Waals surface area contributed by atoms with Gasteiger partial charge in [0.15, 0.2) is 0 Å². The Morgan fingerprint density at radius 2 is 1.73 bits per heavy atom. The van der Waals surface area contributed by atoms with E-state index < -0.39 is 29.3 Å². The molecule has 0 spiro atoms. The quantitative estimate of drug-likeness (QED) is 0.332. The first-order valence-electron chi connectivity index (χ1n) is 10.4. The highest BCUT2D eigenvalue weighted by atomic mass is 19.1. The molecule has 3 aromatic rings. The van der Waals surface area contributed by atoms with Crippen LogP contribution in [0.3, 0.4) is 0 Å². The number of Topliss-reactive ketones (excluding diaryl/α,β-unsaturated/α-hetero) is 1. The van der Waals surface area contributed by atoms with Gasteiger partial charge in [-0.2, -0.15) is 0 Å². The summed E-state index contributed by atoms with van der Waals surface area (Å²) in [5, 5.41) is 11.2. The molecule has 1 fully saturated rings. The Balaban J connectivity index is 1.92. The molecular weight excluding hydrogens is 425 g/mol. The highest BCUT2D eigenvalue weighted by Crippen LogP contribution is 2.43. The number of hydrogen-bond donors (Lipinski definition) is 1. The number of aliphatic hydroxyl groups excluding tert-OH is 1. The molecule has 6 nitrogen and oxygen atoms in total. The molecule has 0 aromatic heterocycles. The third-order valence-corrected chi connectivity index (χ3v) is 5.40. The zero-order valence-corrected chi connectivity index (χ0v) is 18.1. The minimum Gasteiger partial charge on any atom is -0.507 e. The van der Waals surface area contributed by atoms with Crippen molar-refractivity contribution in [3.05, 3.63) is 95.3 Å². The van der Waals surface area contributed by atoms with Gasteiger partial charge in [0.25, 0.3) is 11.7 Å². The van der Waals surface area contributed by atoms with E-state index in [9.17, 15) is 19.1 Å². The predicted molar refractivity (Wildman–Crippen MR) is 122 cm³/mol. The number of aliphatic hydroxyl groups is 1. The lowest BCUT2D eigenvalue weighted by Gasteiger charge is -2.25. The number of ether oxygens (including phenoxy) is 2. The molecule has 1 saturated heterocycles. The average molecular weight is 447 g/mol. The van der Waals surface area contributed by atoms with Crippen molar-refractivity contribution in [1.82, 2.24) is 0 Å². The average Bonchev–Trinajstić information content (AvgIpc) is 3.10. The molecule has 0 bridgehead atoms. The number of benzene rings is 3. The van der Waals surface area contributed by atoms with Crippen LogP contribution in [0.4, 0.5) is 10.1 Å². The molecule has 0 saturated carbocycles. The molecule has 4 rings (SSSR count). The van der Waals surface area contributed by atoms with Gasteiger partial charge in [0.2, 0.25) is 0 Å². The van der Waals surface area contributed by atoms with Crippen LogP contribution in [-0.4, -0.2) is 30.5 Å². The first kappa shape index (κ1) is 22.1. The van der Waals surface area contributed by atoms with Crippen LogP contribution in [0.1, 0.15) is 24.1 Å². The minimum atomic E-state index is -0.919. The molecule has 33 heavy (non-hydrogen) atoms. The standard InChI is InChI=1S/C26H22FNO5/c1-3-33-19-12-10-18(11-13-19)28-23(16-7-5-4-6-8-16)22(25(30)26(28)31)24(29)20-15-17(27)9-14-21(20)32-2/h4-15,23,29H,3H2,1-2H3/b24-22+. The Kier molecular flexibility index (Phi) is 6.13. The van der Waals surface area contributed by atoms with Crippen molar-refractivity contribution >= 4 is 23.1 Å². The van der Waals surface area contributed by atoms with Crippen molar-refractivity contribution in [3.63, 3.8) is 0 Å². The Morgan fingerprint density at radius 3 is 2.36 bits per heavy atom. The van der Waals surface area contributed by atoms with Crippen LogP contribution >= 0.6 is 0 Å². The SMILES string of the molecule is CCOc1ccc(N2C(=O)C(=O)/C(=C(/O)c3cc(F)ccc3OC)C2c2ccccc2)cc1. The third kappa shape index (κ3) is 4.05. The number of halogens is 1. The van der Waals surface area contributed by atoms with Gasteiger partial charge in [-0.25, -0.2) is 4.39 Å². The number of nitrogens with zero attached hydrogens (tertiary/aromatic N) is 1. The Labute approximate surface area is 190 Å². The van der Waals surface area contributed by atoms with Gasteiger partial charge in [-0.1, -0.05) is 30.3 Å². The lowest BCUT2D eigenvalue weighted by molar-refractivity contribution is -0.132. The fourth-order valence-corrected chi connectivity index (χ4v) is 3.93. The van der Waals surface area contributed by atoms with Crippen molar-refractivity contribution in [3.8, 4) is 11.5 Å². The molecule has 3 aromatic carbocycles. The first-order chi connectivity index (χ1) is 16.0. The van der Waals surface area contributed by atoms with Crippen molar-refractivity contribution in [2.75, 3.05) is 18.6 Å². The number of hydrogen-bond acceptors (Lipinski definition) is 5. The van der Waals surface area contributed by atoms with E-state index in [1.807, 2.05) is 13.0 Å². The van der Waals surface area contributed by atoms with E-state index in [0.29, 0.717) is 23.6 Å². The van der Waals surface area contributed by atoms with Crippen LogP contribution in [0.5, 0.6) is 11.5 Å². The molecule has 1 unspecified atom stereocenters. The number of carbonyl (C=O) groups excluding carboxylic acids is 2. The van der Waals surface area contributed by atoms with Gasteiger partial charge in [-0.05, 0) is 55.0 Å². The Bertz CT molecular complexity index is 1220. The van der Waals surface area contributed by atoms with E-state index in [-0.39, 0.29) is 16.9 Å². The van der Waals surface area contributed by atoms with E-state index >= 15 is 0 Å². The maximum Gasteiger partial charge on any atom is 0.300 e. The van der Waals surface area contributed by atoms with Crippen LogP contribution in [0.15, 0.2) is 78.4 Å². The molecule has 7 heteroatoms. The summed E-state index contributed by atoms with van der Waals surface area (Å²) >= 11 is 0. The van der Waals surface area contributed by atoms with Crippen molar-refractivity contribution in [1.29, 1.82) is 0 Å². The number of carbonyl (C=O) groups is 2. The molecule has 1 heterocycles. The van der Waals surface area contributed by atoms with Crippen molar-refractivity contribution in [2.45, 2.75) is 13.0 Å². The maximum atomic E-state index is 14.0. The van der Waals surface area contributed by atoms with Crippen LogP contribution in [0.2, 0.25) is 0 Å². The van der Waals surface area contributed by atoms with Gasteiger partial charge in [-0.15, -0.1) is 0 Å². The topological polar surface area (TPSA) is 76.1 Å². The normalized spacial score (nSPS) is 17.3. The number of amides is 1. The number of anilines is 1. The molecule has 1 aliphatic heterocycles. The second-order valence-electron chi connectivity index (χ2n) is 7.35. The monoisotopic (exact) mass is 447 g/mol. The summed E-state index contributed by atoms with van der Waals surface area (Å²) in [5.74, 6) is -2.00. The van der Waals surface area contributed by atoms with E-state index in [0.717, 1.165) is 6.07 Å². The van der Waals surface area contributed by atoms with Crippen LogP contribution in [0.25, 0.3) is 5.76 Å². The Morgan fingerprint density at radius 1 is 1.03 bits per heavy atom. The summed E-state index contributed by atoms with van der Waals surface area (Å²) in [6.45, 7) is 2.35. The summed E-state index contributed by atoms with van der Waals surface area (Å²) in [6.07, 6.45) is 0. The molecular formula is C26H22FNO5. The highest BCUT2D eigenvalue weighted by molar-refractivity contribution is 6.51. The van der Waals surface area contributed by atoms with Gasteiger partial charge < -0.3 is 14.6 Å². The van der Waals surface area contributed by atoms with E-state index in [1.54, 1.807) is 48.5 Å². The van der Waals surface area contributed by atoms with Gasteiger partial charge in [0, 0.05) is 5.69 Å². The molecule has 1 N–H and O–H groups in total. The number of methoxy groups -OCH3 is 1. The molecule has 1 atom stereocenters. The van der Waals surface area contributed by atoms with Crippen LogP contribution < -0.4 is 14.4 Å². The zero-order chi connectivity index (χ0) is 23.5. The molecule has 168 valence electrons. The summed E-state index contributed by atoms with van der Waals surface area (Å²) in [5.41, 5.74) is 0.911. The van der Waals surface area contributed by atoms with Crippen LogP contribution in [0, 0.1) is 5.82 Å². The van der Waals surface area contributed by atoms with E-state index in [1.165, 1.54) is 24.1 Å². The Hall–Kier alpha value is -4.13. The predicted octanol–water partition coefficient (Wildman–Crippen LogP) is 4.86. The molecule has 0 aliphatic carbocycles. The molecule has 1 amide bonds. The summed E-state index contributed by atoms with van der Waals surface area (Å²) in [7, 11) is 1.37. The number of ketones is 1. The lowest BCUT2D eigenvalue weighted by Crippen LogP contribution is -2.29. The van der Waals surface area contributed by atoms with Crippen molar-refractivity contribution in [2.24, 2.45) is 0 Å². The summed E-state index contributed by atoms with van der Waals surface area (Å²) in [6, 6.07) is 18.3. The summed E-state index contributed by atoms with van der Waals surface area (Å²) in [4.78, 5) is 27.7. The van der Waals surface area contributed by atoms with Gasteiger partial charge in [0.1, 0.15) is 23.1 Å². The van der Waals surface area contributed by atoms with E-state index in [4.69, 9.17) is 9.47 Å². The maximum absolute atomic E-state index is 14.0. The van der Waals surface area contributed by atoms with Gasteiger partial charge >= 0.3 is 0 Å². The van der Waals surface area contributed by atoms with E-state index in [2.05, 4.69) is 0 Å². The number of rotatable bonds is 6. The summed E-state index contributed by atoms with van der Waals surface area (Å²) < 4.78 is 24.7. The fraction of sp³-hybridized carbons (Fsp3) is 0.154. The third-order valence-electron chi connectivity index (χ3n) is 5.40. The second-order valence-corrected chi connectivity index (χ2v) is 7.35. The van der Waals surface area contributed by atoms with Gasteiger partial charge in [-0.3, -0.25) is 14.5 Å². The smallest absolute Gasteiger partial charge is 0.300 e. The second kappa shape index (κ2) is 9.16. The lowest BCUT2D eigenvalue weighted by atomic mass is 9.95. The van der Waals surface area contributed by atoms with Crippen LogP contribution in [-0.2, 0) is 9.59 Å². The molecule has 0 radical (unpaired) electrons. The highest BCUT2D eigenvalue weighted by Gasteiger charge is 2.47. The molecule has 1 aliphatic rings. The largest absolute Gasteiger partial charge is 0.507 e. The van der Waals surface area contributed by atoms with Crippen molar-refractivity contribution < 1.29 is 28.6 Å². The fourth-order valence-electron chi connectivity index (χ4n) is 3.93. The minimum absolute atomic E-state index is 0.0110.